The zero-order valence-electron chi connectivity index (χ0n) is 16.4. The molecule has 144 valence electrons. The molecule has 26 heavy (non-hydrogen) atoms. The molecule has 1 N–H and O–H groups in total. The van der Waals surface area contributed by atoms with Crippen molar-refractivity contribution < 1.29 is 14.3 Å². The van der Waals surface area contributed by atoms with Crippen LogP contribution >= 0.6 is 0 Å². The van der Waals surface area contributed by atoms with Crippen LogP contribution in [0.3, 0.4) is 0 Å². The van der Waals surface area contributed by atoms with Crippen LogP contribution in [0.1, 0.15) is 34.1 Å². The Hall–Kier alpha value is -2.02. The van der Waals surface area contributed by atoms with Crippen molar-refractivity contribution in [3.63, 3.8) is 0 Å². The molecule has 2 aliphatic heterocycles. The fourth-order valence-corrected chi connectivity index (χ4v) is 3.87. The number of rotatable bonds is 3. The molecule has 1 atom stereocenters. The number of hydrogen-bond acceptors (Lipinski definition) is 5. The molecule has 2 aliphatic rings. The predicted octanol–water partition coefficient (Wildman–Crippen LogP) is 2.27. The van der Waals surface area contributed by atoms with E-state index >= 15 is 0 Å². The van der Waals surface area contributed by atoms with E-state index in [2.05, 4.69) is 29.0 Å². The van der Waals surface area contributed by atoms with Gasteiger partial charge in [-0.3, -0.25) is 0 Å². The van der Waals surface area contributed by atoms with E-state index in [0.29, 0.717) is 13.1 Å². The summed E-state index contributed by atoms with van der Waals surface area (Å²) in [6.45, 7) is 11.1. The summed E-state index contributed by atoms with van der Waals surface area (Å²) < 4.78 is 11.3. The summed E-state index contributed by atoms with van der Waals surface area (Å²) in [5.74, 6) is 1.68. The van der Waals surface area contributed by atoms with Gasteiger partial charge in [0.25, 0.3) is 0 Å². The lowest BCUT2D eigenvalue weighted by Gasteiger charge is -2.37. The first-order valence-electron chi connectivity index (χ1n) is 9.21. The maximum Gasteiger partial charge on any atom is 0.317 e. The number of ether oxygens (including phenoxy) is 2. The Morgan fingerprint density at radius 3 is 2.54 bits per heavy atom. The van der Waals surface area contributed by atoms with Gasteiger partial charge in [0.1, 0.15) is 11.6 Å². The second kappa shape index (κ2) is 6.95. The molecule has 0 radical (unpaired) electrons. The number of anilines is 1. The molecule has 0 aliphatic carbocycles. The Morgan fingerprint density at radius 2 is 1.96 bits per heavy atom. The van der Waals surface area contributed by atoms with Gasteiger partial charge in [-0.05, 0) is 40.2 Å². The Bertz CT molecular complexity index is 654. The number of methoxy groups -OCH3 is 1. The highest BCUT2D eigenvalue weighted by Gasteiger charge is 2.46. The fourth-order valence-electron chi connectivity index (χ4n) is 3.87. The lowest BCUT2D eigenvalue weighted by Crippen LogP contribution is -2.56. The van der Waals surface area contributed by atoms with Gasteiger partial charge in [0, 0.05) is 38.4 Å². The van der Waals surface area contributed by atoms with Crippen LogP contribution in [0.2, 0.25) is 0 Å². The summed E-state index contributed by atoms with van der Waals surface area (Å²) in [7, 11) is 1.65. The van der Waals surface area contributed by atoms with Crippen LogP contribution in [0.25, 0.3) is 0 Å². The van der Waals surface area contributed by atoms with Crippen LogP contribution in [0.15, 0.2) is 18.3 Å². The molecule has 2 saturated heterocycles. The number of nitrogens with one attached hydrogen (secondary N) is 1. The standard InChI is InChI=1S/C19H30N4O3/c1-18(2)13-15(19(3,4)26-18)21-17(24)23-10-8-22(9-11-23)16-12-14(25-5)6-7-20-16/h6-7,12,15H,8-11,13H2,1-5H3,(H,21,24). The monoisotopic (exact) mass is 362 g/mol. The second-order valence-electron chi connectivity index (χ2n) is 8.20. The summed E-state index contributed by atoms with van der Waals surface area (Å²) in [6, 6.07) is 3.77. The number of carbonyl (C=O) groups excluding carboxylic acids is 1. The van der Waals surface area contributed by atoms with E-state index in [9.17, 15) is 4.79 Å². The van der Waals surface area contributed by atoms with E-state index in [-0.39, 0.29) is 23.3 Å². The third-order valence-corrected chi connectivity index (χ3v) is 5.22. The molecule has 3 heterocycles. The molecule has 0 saturated carbocycles. The van der Waals surface area contributed by atoms with Crippen molar-refractivity contribution in [3.05, 3.63) is 18.3 Å². The van der Waals surface area contributed by atoms with E-state index in [4.69, 9.17) is 9.47 Å². The first kappa shape index (κ1) is 18.8. The first-order chi connectivity index (χ1) is 12.2. The highest BCUT2D eigenvalue weighted by molar-refractivity contribution is 5.75. The van der Waals surface area contributed by atoms with Gasteiger partial charge in [0.2, 0.25) is 0 Å². The molecule has 0 bridgehead atoms. The van der Waals surface area contributed by atoms with Gasteiger partial charge in [-0.1, -0.05) is 0 Å². The second-order valence-corrected chi connectivity index (χ2v) is 8.20. The van der Waals surface area contributed by atoms with E-state index < -0.39 is 0 Å². The predicted molar refractivity (Wildman–Crippen MR) is 101 cm³/mol. The number of urea groups is 1. The third kappa shape index (κ3) is 4.03. The van der Waals surface area contributed by atoms with Crippen LogP contribution in [0.5, 0.6) is 5.75 Å². The smallest absolute Gasteiger partial charge is 0.317 e. The molecule has 1 aromatic heterocycles. The van der Waals surface area contributed by atoms with Crippen molar-refractivity contribution in [1.29, 1.82) is 0 Å². The van der Waals surface area contributed by atoms with Gasteiger partial charge >= 0.3 is 6.03 Å². The molecule has 0 spiro atoms. The maximum atomic E-state index is 12.7. The van der Waals surface area contributed by atoms with Gasteiger partial charge in [-0.2, -0.15) is 0 Å². The van der Waals surface area contributed by atoms with E-state index in [1.165, 1.54) is 0 Å². The minimum Gasteiger partial charge on any atom is -0.497 e. The van der Waals surface area contributed by atoms with Crippen LogP contribution in [0.4, 0.5) is 10.6 Å². The molecule has 0 aromatic carbocycles. The lowest BCUT2D eigenvalue weighted by atomic mass is 9.94. The molecule has 7 nitrogen and oxygen atoms in total. The number of nitrogens with zero attached hydrogens (tertiary/aromatic N) is 3. The highest BCUT2D eigenvalue weighted by atomic mass is 16.5. The number of amides is 2. The first-order valence-corrected chi connectivity index (χ1v) is 9.21. The van der Waals surface area contributed by atoms with Crippen molar-refractivity contribution in [2.45, 2.75) is 51.4 Å². The summed E-state index contributed by atoms with van der Waals surface area (Å²) in [6.07, 6.45) is 2.57. The molecule has 2 amide bonds. The summed E-state index contributed by atoms with van der Waals surface area (Å²) in [4.78, 5) is 21.2. The molecule has 3 rings (SSSR count). The van der Waals surface area contributed by atoms with Crippen molar-refractivity contribution in [3.8, 4) is 5.75 Å². The molecule has 7 heteroatoms. The van der Waals surface area contributed by atoms with Gasteiger partial charge in [0.05, 0.1) is 24.4 Å². The number of carbonyl (C=O) groups is 1. The van der Waals surface area contributed by atoms with Crippen molar-refractivity contribution in [1.82, 2.24) is 15.2 Å². The Kier molecular flexibility index (Phi) is 5.01. The van der Waals surface area contributed by atoms with Gasteiger partial charge in [0.15, 0.2) is 0 Å². The van der Waals surface area contributed by atoms with Crippen molar-refractivity contribution >= 4 is 11.8 Å². The van der Waals surface area contributed by atoms with Crippen LogP contribution in [-0.4, -0.2) is 66.4 Å². The van der Waals surface area contributed by atoms with Gasteiger partial charge in [-0.25, -0.2) is 9.78 Å². The van der Waals surface area contributed by atoms with Gasteiger partial charge in [-0.15, -0.1) is 0 Å². The molecule has 2 fully saturated rings. The minimum absolute atomic E-state index is 0.0115. The topological polar surface area (TPSA) is 66.9 Å². The normalized spacial score (nSPS) is 24.4. The Balaban J connectivity index is 1.55. The zero-order valence-corrected chi connectivity index (χ0v) is 16.4. The quantitative estimate of drug-likeness (QED) is 0.893. The third-order valence-electron chi connectivity index (χ3n) is 5.22. The maximum absolute atomic E-state index is 12.7. The van der Waals surface area contributed by atoms with E-state index in [1.807, 2.05) is 30.9 Å². The molecule has 1 aromatic rings. The largest absolute Gasteiger partial charge is 0.497 e. The Labute approximate surface area is 155 Å². The number of aromatic nitrogens is 1. The lowest BCUT2D eigenvalue weighted by molar-refractivity contribution is -0.0692. The fraction of sp³-hybridized carbons (Fsp3) is 0.684. The Morgan fingerprint density at radius 1 is 1.27 bits per heavy atom. The van der Waals surface area contributed by atoms with E-state index in [0.717, 1.165) is 31.1 Å². The van der Waals surface area contributed by atoms with Crippen LogP contribution < -0.4 is 15.0 Å². The number of piperazine rings is 1. The minimum atomic E-state index is -0.356. The average molecular weight is 362 g/mol. The van der Waals surface area contributed by atoms with Gasteiger partial charge < -0.3 is 24.6 Å². The van der Waals surface area contributed by atoms with E-state index in [1.54, 1.807) is 13.3 Å². The number of pyridine rings is 1. The average Bonchev–Trinajstić information content (AvgIpc) is 2.81. The van der Waals surface area contributed by atoms with Crippen molar-refractivity contribution in [2.75, 3.05) is 38.2 Å². The zero-order chi connectivity index (χ0) is 18.9. The van der Waals surface area contributed by atoms with Crippen LogP contribution in [-0.2, 0) is 4.74 Å². The summed E-state index contributed by atoms with van der Waals surface area (Å²) in [5, 5.41) is 3.18. The van der Waals surface area contributed by atoms with Crippen molar-refractivity contribution in [2.24, 2.45) is 0 Å². The SMILES string of the molecule is COc1ccnc(N2CCN(C(=O)NC3CC(C)(C)OC3(C)C)CC2)c1. The summed E-state index contributed by atoms with van der Waals surface area (Å²) in [5.41, 5.74) is -0.566. The van der Waals surface area contributed by atoms with Crippen LogP contribution in [0, 0.1) is 0 Å². The molecular weight excluding hydrogens is 332 g/mol. The summed E-state index contributed by atoms with van der Waals surface area (Å²) >= 11 is 0. The highest BCUT2D eigenvalue weighted by Crippen LogP contribution is 2.37. The molecule has 1 unspecified atom stereocenters. The number of hydrogen-bond donors (Lipinski definition) is 1. The molecular formula is C19H30N4O3.